The minimum absolute atomic E-state index is 0.0322. The van der Waals surface area contributed by atoms with Crippen LogP contribution in [0, 0.1) is 6.92 Å². The lowest BCUT2D eigenvalue weighted by atomic mass is 10.2. The fourth-order valence-electron chi connectivity index (χ4n) is 1.69. The van der Waals surface area contributed by atoms with Crippen molar-refractivity contribution in [3.8, 4) is 0 Å². The van der Waals surface area contributed by atoms with E-state index in [2.05, 4.69) is 36.5 Å². The third kappa shape index (κ3) is 4.58. The molecule has 0 aliphatic carbocycles. The summed E-state index contributed by atoms with van der Waals surface area (Å²) >= 11 is 7.58. The molecule has 0 heterocycles. The largest absolute Gasteiger partial charge is 0.324 e. The van der Waals surface area contributed by atoms with Crippen LogP contribution in [0.2, 0.25) is 5.02 Å². The van der Waals surface area contributed by atoms with Crippen LogP contribution in [0.1, 0.15) is 11.1 Å². The normalized spacial score (nSPS) is 10.3. The topological polar surface area (TPSA) is 29.1 Å². The van der Waals surface area contributed by atoms with Crippen molar-refractivity contribution >= 4 is 35.0 Å². The van der Waals surface area contributed by atoms with Gasteiger partial charge < -0.3 is 5.32 Å². The second-order valence-electron chi connectivity index (χ2n) is 4.51. The van der Waals surface area contributed by atoms with Gasteiger partial charge in [-0.15, -0.1) is 11.8 Å². The van der Waals surface area contributed by atoms with E-state index in [0.29, 0.717) is 16.5 Å². The van der Waals surface area contributed by atoms with Crippen molar-refractivity contribution in [2.24, 2.45) is 0 Å². The van der Waals surface area contributed by atoms with E-state index < -0.39 is 0 Å². The lowest BCUT2D eigenvalue weighted by Crippen LogP contribution is -2.14. The molecule has 2 rings (SSSR count). The average Bonchev–Trinajstić information content (AvgIpc) is 2.44. The molecule has 0 radical (unpaired) electrons. The van der Waals surface area contributed by atoms with Gasteiger partial charge in [0.1, 0.15) is 0 Å². The van der Waals surface area contributed by atoms with Gasteiger partial charge in [-0.1, -0.05) is 53.6 Å². The van der Waals surface area contributed by atoms with Crippen molar-refractivity contribution in [2.75, 3.05) is 11.1 Å². The second kappa shape index (κ2) is 7.36. The van der Waals surface area contributed by atoms with Crippen molar-refractivity contribution in [3.63, 3.8) is 0 Å². The first kappa shape index (κ1) is 14.9. The summed E-state index contributed by atoms with van der Waals surface area (Å²) in [6.07, 6.45) is 0. The third-order valence-corrected chi connectivity index (χ3v) is 4.10. The molecule has 0 atom stereocenters. The molecule has 0 unspecified atom stereocenters. The number of carbonyl (C=O) groups is 1. The van der Waals surface area contributed by atoms with E-state index in [9.17, 15) is 4.79 Å². The number of carbonyl (C=O) groups excluding carboxylic acids is 1. The van der Waals surface area contributed by atoms with Gasteiger partial charge in [-0.3, -0.25) is 4.79 Å². The Balaban J connectivity index is 1.78. The molecule has 2 nitrogen and oxygen atoms in total. The van der Waals surface area contributed by atoms with Crippen molar-refractivity contribution in [2.45, 2.75) is 12.7 Å². The fourth-order valence-corrected chi connectivity index (χ4v) is 2.67. The summed E-state index contributed by atoms with van der Waals surface area (Å²) < 4.78 is 0. The van der Waals surface area contributed by atoms with Crippen LogP contribution in [0.15, 0.2) is 48.5 Å². The van der Waals surface area contributed by atoms with Crippen LogP contribution in [0.4, 0.5) is 5.69 Å². The summed E-state index contributed by atoms with van der Waals surface area (Å²) in [7, 11) is 0. The maximum atomic E-state index is 11.8. The molecule has 1 N–H and O–H groups in total. The zero-order valence-corrected chi connectivity index (χ0v) is 12.8. The summed E-state index contributed by atoms with van der Waals surface area (Å²) in [6, 6.07) is 15.6. The number of hydrogen-bond donors (Lipinski definition) is 1. The van der Waals surface area contributed by atoms with Crippen molar-refractivity contribution < 1.29 is 4.79 Å². The van der Waals surface area contributed by atoms with E-state index in [1.54, 1.807) is 23.9 Å². The van der Waals surface area contributed by atoms with Crippen LogP contribution in [0.5, 0.6) is 0 Å². The highest BCUT2D eigenvalue weighted by molar-refractivity contribution is 7.99. The molecule has 0 bridgehead atoms. The fraction of sp³-hybridized carbons (Fsp3) is 0.188. The highest BCUT2D eigenvalue weighted by Gasteiger charge is 2.05. The number of aryl methyl sites for hydroxylation is 1. The van der Waals surface area contributed by atoms with Crippen LogP contribution in [-0.4, -0.2) is 11.7 Å². The van der Waals surface area contributed by atoms with Crippen molar-refractivity contribution in [1.29, 1.82) is 0 Å². The number of amides is 1. The number of thioether (sulfide) groups is 1. The summed E-state index contributed by atoms with van der Waals surface area (Å²) in [5.74, 6) is 1.21. The molecule has 2 aromatic rings. The molecule has 0 saturated heterocycles. The Bertz CT molecular complexity index is 583. The highest BCUT2D eigenvalue weighted by Crippen LogP contribution is 2.21. The van der Waals surface area contributed by atoms with Crippen LogP contribution < -0.4 is 5.32 Å². The lowest BCUT2D eigenvalue weighted by Gasteiger charge is -2.07. The minimum Gasteiger partial charge on any atom is -0.324 e. The molecule has 104 valence electrons. The molecule has 2 aromatic carbocycles. The van der Waals surface area contributed by atoms with E-state index >= 15 is 0 Å². The van der Waals surface area contributed by atoms with Gasteiger partial charge in [0.25, 0.3) is 0 Å². The number of hydrogen-bond acceptors (Lipinski definition) is 2. The number of halogens is 1. The molecule has 0 aliphatic heterocycles. The standard InChI is InChI=1S/C16H16ClNOS/c1-12-6-8-13(9-7-12)10-20-11-16(19)18-15-5-3-2-4-14(15)17/h2-9H,10-11H2,1H3,(H,18,19). The van der Waals surface area contributed by atoms with Gasteiger partial charge in [-0.25, -0.2) is 0 Å². The zero-order valence-electron chi connectivity index (χ0n) is 11.2. The second-order valence-corrected chi connectivity index (χ2v) is 5.90. The molecule has 1 amide bonds. The van der Waals surface area contributed by atoms with E-state index in [4.69, 9.17) is 11.6 Å². The van der Waals surface area contributed by atoms with Gasteiger partial charge in [0, 0.05) is 5.75 Å². The molecule has 0 fully saturated rings. The molecular formula is C16H16ClNOS. The predicted molar refractivity (Wildman–Crippen MR) is 87.4 cm³/mol. The Morgan fingerprint density at radius 3 is 2.55 bits per heavy atom. The zero-order chi connectivity index (χ0) is 14.4. The third-order valence-electron chi connectivity index (χ3n) is 2.77. The van der Waals surface area contributed by atoms with Crippen LogP contribution >= 0.6 is 23.4 Å². The van der Waals surface area contributed by atoms with Gasteiger partial charge in [-0.2, -0.15) is 0 Å². The Labute approximate surface area is 128 Å². The summed E-state index contributed by atoms with van der Waals surface area (Å²) in [5, 5.41) is 3.37. The number of nitrogens with one attached hydrogen (secondary N) is 1. The van der Waals surface area contributed by atoms with Gasteiger partial charge in [0.15, 0.2) is 0 Å². The van der Waals surface area contributed by atoms with Crippen molar-refractivity contribution in [3.05, 3.63) is 64.7 Å². The number of anilines is 1. The van der Waals surface area contributed by atoms with Crippen molar-refractivity contribution in [1.82, 2.24) is 0 Å². The first-order valence-corrected chi connectivity index (χ1v) is 7.86. The van der Waals surface area contributed by atoms with Crippen LogP contribution in [0.25, 0.3) is 0 Å². The highest BCUT2D eigenvalue weighted by atomic mass is 35.5. The SMILES string of the molecule is Cc1ccc(CSCC(=O)Nc2ccccc2Cl)cc1. The lowest BCUT2D eigenvalue weighted by molar-refractivity contribution is -0.113. The van der Waals surface area contributed by atoms with E-state index in [-0.39, 0.29) is 5.91 Å². The number of benzene rings is 2. The average molecular weight is 306 g/mol. The van der Waals surface area contributed by atoms with Gasteiger partial charge in [0.2, 0.25) is 5.91 Å². The number of rotatable bonds is 5. The Morgan fingerprint density at radius 1 is 1.15 bits per heavy atom. The Hall–Kier alpha value is -1.45. The summed E-state index contributed by atoms with van der Waals surface area (Å²) in [6.45, 7) is 2.06. The smallest absolute Gasteiger partial charge is 0.234 e. The molecule has 20 heavy (non-hydrogen) atoms. The Kier molecular flexibility index (Phi) is 5.50. The summed E-state index contributed by atoms with van der Waals surface area (Å²) in [5.41, 5.74) is 3.14. The molecule has 0 aliphatic rings. The maximum absolute atomic E-state index is 11.8. The molecular weight excluding hydrogens is 290 g/mol. The van der Waals surface area contributed by atoms with E-state index in [0.717, 1.165) is 5.75 Å². The van der Waals surface area contributed by atoms with Crippen LogP contribution in [-0.2, 0) is 10.5 Å². The van der Waals surface area contributed by atoms with Crippen LogP contribution in [0.3, 0.4) is 0 Å². The molecule has 0 aromatic heterocycles. The Morgan fingerprint density at radius 2 is 1.85 bits per heavy atom. The van der Waals surface area contributed by atoms with Gasteiger partial charge in [0.05, 0.1) is 16.5 Å². The summed E-state index contributed by atoms with van der Waals surface area (Å²) in [4.78, 5) is 11.8. The molecule has 0 spiro atoms. The first-order chi connectivity index (χ1) is 9.65. The minimum atomic E-state index is -0.0322. The van der Waals surface area contributed by atoms with E-state index in [1.165, 1.54) is 11.1 Å². The molecule has 0 saturated carbocycles. The van der Waals surface area contributed by atoms with Gasteiger partial charge in [-0.05, 0) is 24.6 Å². The monoisotopic (exact) mass is 305 g/mol. The predicted octanol–water partition coefficient (Wildman–Crippen LogP) is 4.52. The number of para-hydroxylation sites is 1. The molecule has 4 heteroatoms. The van der Waals surface area contributed by atoms with E-state index in [1.807, 2.05) is 12.1 Å². The first-order valence-electron chi connectivity index (χ1n) is 6.33. The van der Waals surface area contributed by atoms with Gasteiger partial charge >= 0.3 is 0 Å². The maximum Gasteiger partial charge on any atom is 0.234 e. The quantitative estimate of drug-likeness (QED) is 0.880.